The smallest absolute Gasteiger partial charge is 0.224 e. The predicted octanol–water partition coefficient (Wildman–Crippen LogP) is 2.08. The lowest BCUT2D eigenvalue weighted by Crippen LogP contribution is -2.29. The van der Waals surface area contributed by atoms with E-state index < -0.39 is 0 Å². The summed E-state index contributed by atoms with van der Waals surface area (Å²) in [6.07, 6.45) is 1.86. The molecule has 1 aromatic carbocycles. The van der Waals surface area contributed by atoms with Gasteiger partial charge in [-0.25, -0.2) is 4.98 Å². The fourth-order valence-electron chi connectivity index (χ4n) is 2.72. The number of imidazole rings is 1. The van der Waals surface area contributed by atoms with Crippen molar-refractivity contribution in [1.82, 2.24) is 14.9 Å². The molecule has 0 radical (unpaired) electrons. The van der Waals surface area contributed by atoms with E-state index in [2.05, 4.69) is 10.3 Å². The minimum atomic E-state index is -0.158. The van der Waals surface area contributed by atoms with E-state index >= 15 is 0 Å². The van der Waals surface area contributed by atoms with Gasteiger partial charge in [-0.15, -0.1) is 0 Å². The Morgan fingerprint density at radius 2 is 1.81 bits per heavy atom. The Bertz CT molecular complexity index is 811. The van der Waals surface area contributed by atoms with E-state index in [0.29, 0.717) is 35.7 Å². The zero-order valence-electron chi connectivity index (χ0n) is 15.9. The number of nitrogens with zero attached hydrogens (tertiary/aromatic N) is 2. The number of Topliss-reactive ketones (excluding diaryl/α,β-unsaturated/α-hetero) is 1. The van der Waals surface area contributed by atoms with Crippen LogP contribution in [0.5, 0.6) is 11.5 Å². The summed E-state index contributed by atoms with van der Waals surface area (Å²) in [4.78, 5) is 28.5. The van der Waals surface area contributed by atoms with Crippen LogP contribution < -0.4 is 14.8 Å². The number of aryl methyl sites for hydroxylation is 1. The van der Waals surface area contributed by atoms with Crippen molar-refractivity contribution in [3.05, 3.63) is 41.0 Å². The summed E-state index contributed by atoms with van der Waals surface area (Å²) in [6, 6.07) is 3.29. The first-order valence-electron chi connectivity index (χ1n) is 8.38. The number of benzene rings is 1. The molecule has 7 nitrogen and oxygen atoms in total. The lowest BCUT2D eigenvalue weighted by atomic mass is 10.00. The minimum absolute atomic E-state index is 0.0945. The van der Waals surface area contributed by atoms with E-state index in [1.54, 1.807) is 18.5 Å². The SMILES string of the molecule is COc1cc(CC(=O)NCCn2cnc(C)c2C)c(C(C)=O)cc1OC. The Kier molecular flexibility index (Phi) is 6.38. The molecule has 1 N–H and O–H groups in total. The van der Waals surface area contributed by atoms with Crippen molar-refractivity contribution in [3.8, 4) is 11.5 Å². The summed E-state index contributed by atoms with van der Waals surface area (Å²) in [7, 11) is 3.03. The molecule has 0 atom stereocenters. The van der Waals surface area contributed by atoms with E-state index in [-0.39, 0.29) is 18.1 Å². The van der Waals surface area contributed by atoms with E-state index in [1.165, 1.54) is 21.1 Å². The Hall–Kier alpha value is -2.83. The van der Waals surface area contributed by atoms with Crippen molar-refractivity contribution >= 4 is 11.7 Å². The third kappa shape index (κ3) is 4.41. The zero-order chi connectivity index (χ0) is 19.3. The van der Waals surface area contributed by atoms with Gasteiger partial charge in [0.1, 0.15) is 0 Å². The molecule has 1 amide bonds. The van der Waals surface area contributed by atoms with Crippen LogP contribution in [0.25, 0.3) is 0 Å². The van der Waals surface area contributed by atoms with Crippen LogP contribution in [-0.2, 0) is 17.8 Å². The number of hydrogen-bond donors (Lipinski definition) is 1. The van der Waals surface area contributed by atoms with Gasteiger partial charge in [-0.05, 0) is 38.5 Å². The maximum absolute atomic E-state index is 12.3. The van der Waals surface area contributed by atoms with Crippen LogP contribution in [0, 0.1) is 13.8 Å². The van der Waals surface area contributed by atoms with Gasteiger partial charge in [-0.1, -0.05) is 0 Å². The summed E-state index contributed by atoms with van der Waals surface area (Å²) in [6.45, 7) is 6.53. The van der Waals surface area contributed by atoms with Gasteiger partial charge in [0, 0.05) is 24.3 Å². The monoisotopic (exact) mass is 359 g/mol. The number of nitrogens with one attached hydrogen (secondary N) is 1. The highest BCUT2D eigenvalue weighted by Gasteiger charge is 2.16. The van der Waals surface area contributed by atoms with Crippen molar-refractivity contribution in [2.45, 2.75) is 33.7 Å². The Balaban J connectivity index is 2.05. The van der Waals surface area contributed by atoms with Gasteiger partial charge in [-0.3, -0.25) is 9.59 Å². The lowest BCUT2D eigenvalue weighted by Gasteiger charge is -2.14. The molecule has 0 aliphatic rings. The molecule has 0 aliphatic carbocycles. The van der Waals surface area contributed by atoms with Crippen LogP contribution in [0.15, 0.2) is 18.5 Å². The number of carbonyl (C=O) groups is 2. The number of amides is 1. The minimum Gasteiger partial charge on any atom is -0.493 e. The summed E-state index contributed by atoms with van der Waals surface area (Å²) < 4.78 is 12.5. The average Bonchev–Trinajstić information content (AvgIpc) is 2.93. The van der Waals surface area contributed by atoms with Crippen LogP contribution in [0.4, 0.5) is 0 Å². The molecule has 26 heavy (non-hydrogen) atoms. The number of methoxy groups -OCH3 is 2. The Morgan fingerprint density at radius 1 is 1.15 bits per heavy atom. The van der Waals surface area contributed by atoms with E-state index in [1.807, 2.05) is 18.4 Å². The summed E-state index contributed by atoms with van der Waals surface area (Å²) >= 11 is 0. The van der Waals surface area contributed by atoms with Crippen molar-refractivity contribution in [2.24, 2.45) is 0 Å². The van der Waals surface area contributed by atoms with Crippen LogP contribution in [0.1, 0.15) is 34.2 Å². The quantitative estimate of drug-likeness (QED) is 0.730. The van der Waals surface area contributed by atoms with Crippen LogP contribution in [-0.4, -0.2) is 42.0 Å². The molecule has 2 rings (SSSR count). The van der Waals surface area contributed by atoms with Gasteiger partial charge in [0.15, 0.2) is 17.3 Å². The van der Waals surface area contributed by atoms with Crippen LogP contribution >= 0.6 is 0 Å². The molecule has 1 aromatic heterocycles. The maximum Gasteiger partial charge on any atom is 0.224 e. The number of ether oxygens (including phenoxy) is 2. The number of ketones is 1. The van der Waals surface area contributed by atoms with Gasteiger partial charge in [0.25, 0.3) is 0 Å². The summed E-state index contributed by atoms with van der Waals surface area (Å²) in [5.74, 6) is 0.671. The van der Waals surface area contributed by atoms with E-state index in [0.717, 1.165) is 11.4 Å². The highest BCUT2D eigenvalue weighted by atomic mass is 16.5. The fourth-order valence-corrected chi connectivity index (χ4v) is 2.72. The van der Waals surface area contributed by atoms with E-state index in [4.69, 9.17) is 9.47 Å². The molecular weight excluding hydrogens is 334 g/mol. The van der Waals surface area contributed by atoms with Gasteiger partial charge >= 0.3 is 0 Å². The van der Waals surface area contributed by atoms with Gasteiger partial charge < -0.3 is 19.4 Å². The number of aromatic nitrogens is 2. The van der Waals surface area contributed by atoms with Gasteiger partial charge in [0.05, 0.1) is 32.7 Å². The standard InChI is InChI=1S/C19H25N3O4/c1-12-13(2)22(11-21-12)7-6-20-19(24)9-15-8-17(25-4)18(26-5)10-16(15)14(3)23/h8,10-11H,6-7,9H2,1-5H3,(H,20,24). The molecule has 0 aliphatic heterocycles. The Labute approximate surface area is 153 Å². The third-order valence-corrected chi connectivity index (χ3v) is 4.36. The number of hydrogen-bond acceptors (Lipinski definition) is 5. The van der Waals surface area contributed by atoms with Crippen molar-refractivity contribution in [2.75, 3.05) is 20.8 Å². The Morgan fingerprint density at radius 3 is 2.35 bits per heavy atom. The topological polar surface area (TPSA) is 82.5 Å². The molecule has 0 bridgehead atoms. The lowest BCUT2D eigenvalue weighted by molar-refractivity contribution is -0.120. The molecule has 2 aromatic rings. The highest BCUT2D eigenvalue weighted by Crippen LogP contribution is 2.31. The number of rotatable bonds is 8. The number of carbonyl (C=O) groups excluding carboxylic acids is 2. The largest absolute Gasteiger partial charge is 0.493 e. The second-order valence-corrected chi connectivity index (χ2v) is 6.06. The first-order valence-corrected chi connectivity index (χ1v) is 8.38. The average molecular weight is 359 g/mol. The van der Waals surface area contributed by atoms with Gasteiger partial charge in [0.2, 0.25) is 5.91 Å². The molecular formula is C19H25N3O4. The molecule has 0 fully saturated rings. The fraction of sp³-hybridized carbons (Fsp3) is 0.421. The molecule has 0 saturated carbocycles. The van der Waals surface area contributed by atoms with Crippen LogP contribution in [0.2, 0.25) is 0 Å². The summed E-state index contributed by atoms with van der Waals surface area (Å²) in [5.41, 5.74) is 3.13. The first kappa shape index (κ1) is 19.5. The molecule has 140 valence electrons. The molecule has 0 unspecified atom stereocenters. The first-order chi connectivity index (χ1) is 12.4. The second-order valence-electron chi connectivity index (χ2n) is 6.06. The summed E-state index contributed by atoms with van der Waals surface area (Å²) in [5, 5.41) is 2.88. The second kappa shape index (κ2) is 8.51. The molecule has 1 heterocycles. The predicted molar refractivity (Wildman–Crippen MR) is 98.0 cm³/mol. The van der Waals surface area contributed by atoms with Crippen molar-refractivity contribution < 1.29 is 19.1 Å². The molecule has 7 heteroatoms. The van der Waals surface area contributed by atoms with Gasteiger partial charge in [-0.2, -0.15) is 0 Å². The van der Waals surface area contributed by atoms with Crippen LogP contribution in [0.3, 0.4) is 0 Å². The molecule has 0 saturated heterocycles. The maximum atomic E-state index is 12.3. The van der Waals surface area contributed by atoms with Crippen molar-refractivity contribution in [3.63, 3.8) is 0 Å². The zero-order valence-corrected chi connectivity index (χ0v) is 15.9. The van der Waals surface area contributed by atoms with E-state index in [9.17, 15) is 9.59 Å². The molecule has 0 spiro atoms. The normalized spacial score (nSPS) is 10.5. The van der Waals surface area contributed by atoms with Crippen molar-refractivity contribution in [1.29, 1.82) is 0 Å². The highest BCUT2D eigenvalue weighted by molar-refractivity contribution is 5.97. The third-order valence-electron chi connectivity index (χ3n) is 4.36.